The molecule has 0 saturated carbocycles. The zero-order valence-electron chi connectivity index (χ0n) is 9.93. The van der Waals surface area contributed by atoms with Gasteiger partial charge in [-0.2, -0.15) is 13.2 Å². The average molecular weight is 302 g/mol. The standard InChI is InChI=1S/C11H8F6O3/c1-2-19-9(18)6-3-4-8(20-11(15,16)17)7(5-6)10(12,13)14/h3-5H,2H2,1H3. The van der Waals surface area contributed by atoms with Crippen molar-refractivity contribution in [1.82, 2.24) is 0 Å². The Bertz CT molecular complexity index is 492. The lowest BCUT2D eigenvalue weighted by Gasteiger charge is -2.16. The number of esters is 1. The highest BCUT2D eigenvalue weighted by Gasteiger charge is 2.39. The molecular weight excluding hydrogens is 294 g/mol. The van der Waals surface area contributed by atoms with Crippen molar-refractivity contribution in [2.75, 3.05) is 6.61 Å². The molecule has 1 aromatic carbocycles. The maximum absolute atomic E-state index is 12.7. The number of ether oxygens (including phenoxy) is 2. The van der Waals surface area contributed by atoms with Gasteiger partial charge in [0, 0.05) is 0 Å². The molecule has 0 unspecified atom stereocenters. The van der Waals surface area contributed by atoms with Crippen molar-refractivity contribution in [2.24, 2.45) is 0 Å². The number of hydrogen-bond donors (Lipinski definition) is 0. The Morgan fingerprint density at radius 1 is 1.15 bits per heavy atom. The van der Waals surface area contributed by atoms with Gasteiger partial charge in [-0.1, -0.05) is 0 Å². The van der Waals surface area contributed by atoms with Crippen molar-refractivity contribution in [2.45, 2.75) is 19.5 Å². The van der Waals surface area contributed by atoms with Crippen molar-refractivity contribution in [3.8, 4) is 5.75 Å². The van der Waals surface area contributed by atoms with Gasteiger partial charge in [0.05, 0.1) is 17.7 Å². The maximum atomic E-state index is 12.7. The van der Waals surface area contributed by atoms with Crippen LogP contribution in [0.4, 0.5) is 26.3 Å². The molecule has 112 valence electrons. The third kappa shape index (κ3) is 4.32. The summed E-state index contributed by atoms with van der Waals surface area (Å²) in [5.41, 5.74) is -2.23. The number of carbonyl (C=O) groups is 1. The molecule has 0 saturated heterocycles. The Morgan fingerprint density at radius 3 is 2.20 bits per heavy atom. The second-order valence-corrected chi connectivity index (χ2v) is 3.48. The lowest BCUT2D eigenvalue weighted by molar-refractivity contribution is -0.276. The van der Waals surface area contributed by atoms with E-state index in [1.807, 2.05) is 0 Å². The number of benzene rings is 1. The summed E-state index contributed by atoms with van der Waals surface area (Å²) in [5.74, 6) is -2.50. The second-order valence-electron chi connectivity index (χ2n) is 3.48. The van der Waals surface area contributed by atoms with Crippen LogP contribution in [0.25, 0.3) is 0 Å². The summed E-state index contributed by atoms with van der Waals surface area (Å²) < 4.78 is 81.7. The molecule has 0 N–H and O–H groups in total. The molecule has 0 amide bonds. The van der Waals surface area contributed by atoms with E-state index in [0.29, 0.717) is 6.07 Å². The van der Waals surface area contributed by atoms with Gasteiger partial charge in [0.25, 0.3) is 0 Å². The smallest absolute Gasteiger partial charge is 0.462 e. The first-order chi connectivity index (χ1) is 9.04. The number of rotatable bonds is 3. The molecule has 0 aliphatic heterocycles. The highest BCUT2D eigenvalue weighted by molar-refractivity contribution is 5.89. The summed E-state index contributed by atoms with van der Waals surface area (Å²) >= 11 is 0. The van der Waals surface area contributed by atoms with E-state index in [1.54, 1.807) is 0 Å². The van der Waals surface area contributed by atoms with Gasteiger partial charge >= 0.3 is 18.5 Å². The van der Waals surface area contributed by atoms with E-state index >= 15 is 0 Å². The normalized spacial score (nSPS) is 12.2. The van der Waals surface area contributed by atoms with Crippen LogP contribution in [0.2, 0.25) is 0 Å². The molecule has 9 heteroatoms. The van der Waals surface area contributed by atoms with E-state index in [-0.39, 0.29) is 12.7 Å². The van der Waals surface area contributed by atoms with Crippen LogP contribution in [-0.4, -0.2) is 18.9 Å². The molecule has 0 fully saturated rings. The van der Waals surface area contributed by atoms with Gasteiger partial charge in [-0.15, -0.1) is 13.2 Å². The minimum absolute atomic E-state index is 0.0824. The number of alkyl halides is 6. The van der Waals surface area contributed by atoms with Crippen molar-refractivity contribution < 1.29 is 40.6 Å². The number of carbonyl (C=O) groups excluding carboxylic acids is 1. The van der Waals surface area contributed by atoms with Gasteiger partial charge in [-0.3, -0.25) is 0 Å². The molecule has 0 atom stereocenters. The highest BCUT2D eigenvalue weighted by Crippen LogP contribution is 2.39. The van der Waals surface area contributed by atoms with Crippen LogP contribution in [0.1, 0.15) is 22.8 Å². The molecule has 0 aliphatic carbocycles. The topological polar surface area (TPSA) is 35.5 Å². The van der Waals surface area contributed by atoms with E-state index < -0.39 is 35.4 Å². The van der Waals surface area contributed by atoms with Crippen LogP contribution in [0, 0.1) is 0 Å². The summed E-state index contributed by atoms with van der Waals surface area (Å²) in [6.45, 7) is 1.35. The highest BCUT2D eigenvalue weighted by atomic mass is 19.4. The molecular formula is C11H8F6O3. The molecule has 0 heterocycles. The fraction of sp³-hybridized carbons (Fsp3) is 0.364. The van der Waals surface area contributed by atoms with Crippen LogP contribution < -0.4 is 4.74 Å². The SMILES string of the molecule is CCOC(=O)c1ccc(OC(F)(F)F)c(C(F)(F)F)c1. The molecule has 3 nitrogen and oxygen atoms in total. The van der Waals surface area contributed by atoms with Gasteiger partial charge < -0.3 is 9.47 Å². The van der Waals surface area contributed by atoms with Crippen molar-refractivity contribution >= 4 is 5.97 Å². The molecule has 1 rings (SSSR count). The third-order valence-electron chi connectivity index (χ3n) is 2.02. The van der Waals surface area contributed by atoms with E-state index in [4.69, 9.17) is 0 Å². The summed E-state index contributed by atoms with van der Waals surface area (Å²) in [5, 5.41) is 0. The van der Waals surface area contributed by atoms with Crippen LogP contribution in [0.5, 0.6) is 5.75 Å². The Hall–Kier alpha value is -1.93. The first-order valence-electron chi connectivity index (χ1n) is 5.18. The fourth-order valence-corrected chi connectivity index (χ4v) is 1.31. The Kier molecular flexibility index (Phi) is 4.51. The van der Waals surface area contributed by atoms with Crippen LogP contribution in [-0.2, 0) is 10.9 Å². The minimum Gasteiger partial charge on any atom is -0.462 e. The van der Waals surface area contributed by atoms with Crippen LogP contribution in [0.3, 0.4) is 0 Å². The quantitative estimate of drug-likeness (QED) is 0.629. The predicted octanol–water partition coefficient (Wildman–Crippen LogP) is 3.78. The lowest BCUT2D eigenvalue weighted by Crippen LogP contribution is -2.20. The minimum atomic E-state index is -5.27. The summed E-state index contributed by atoms with van der Waals surface area (Å²) in [7, 11) is 0. The summed E-state index contributed by atoms with van der Waals surface area (Å²) in [6, 6.07) is 1.43. The van der Waals surface area contributed by atoms with Crippen molar-refractivity contribution in [1.29, 1.82) is 0 Å². The van der Waals surface area contributed by atoms with E-state index in [1.165, 1.54) is 6.92 Å². The van der Waals surface area contributed by atoms with E-state index in [9.17, 15) is 31.1 Å². The molecule has 0 spiro atoms. The van der Waals surface area contributed by atoms with Crippen LogP contribution >= 0.6 is 0 Å². The largest absolute Gasteiger partial charge is 0.573 e. The molecule has 0 aromatic heterocycles. The van der Waals surface area contributed by atoms with Crippen molar-refractivity contribution in [3.63, 3.8) is 0 Å². The van der Waals surface area contributed by atoms with Gasteiger partial charge in [-0.25, -0.2) is 4.79 Å². The molecule has 0 radical (unpaired) electrons. The molecule has 20 heavy (non-hydrogen) atoms. The number of halogens is 6. The van der Waals surface area contributed by atoms with Gasteiger partial charge in [0.2, 0.25) is 0 Å². The monoisotopic (exact) mass is 302 g/mol. The lowest BCUT2D eigenvalue weighted by atomic mass is 10.1. The number of hydrogen-bond acceptors (Lipinski definition) is 3. The average Bonchev–Trinajstić information content (AvgIpc) is 2.26. The zero-order valence-corrected chi connectivity index (χ0v) is 9.93. The van der Waals surface area contributed by atoms with Crippen LogP contribution in [0.15, 0.2) is 18.2 Å². The maximum Gasteiger partial charge on any atom is 0.573 e. The van der Waals surface area contributed by atoms with Gasteiger partial charge in [0.1, 0.15) is 5.75 Å². The molecule has 1 aromatic rings. The van der Waals surface area contributed by atoms with Gasteiger partial charge in [-0.05, 0) is 25.1 Å². The second kappa shape index (κ2) is 5.59. The van der Waals surface area contributed by atoms with Crippen molar-refractivity contribution in [3.05, 3.63) is 29.3 Å². The first-order valence-corrected chi connectivity index (χ1v) is 5.18. The third-order valence-corrected chi connectivity index (χ3v) is 2.02. The van der Waals surface area contributed by atoms with Gasteiger partial charge in [0.15, 0.2) is 0 Å². The summed E-state index contributed by atoms with van der Waals surface area (Å²) in [4.78, 5) is 11.3. The summed E-state index contributed by atoms with van der Waals surface area (Å²) in [6.07, 6.45) is -10.4. The molecule has 0 aliphatic rings. The Balaban J connectivity index is 3.24. The Morgan fingerprint density at radius 2 is 1.75 bits per heavy atom. The molecule has 0 bridgehead atoms. The van der Waals surface area contributed by atoms with E-state index in [2.05, 4.69) is 9.47 Å². The van der Waals surface area contributed by atoms with E-state index in [0.717, 1.165) is 6.07 Å². The first kappa shape index (κ1) is 16.1. The Labute approximate surface area is 109 Å². The zero-order chi connectivity index (χ0) is 15.6. The predicted molar refractivity (Wildman–Crippen MR) is 54.1 cm³/mol. The fourth-order valence-electron chi connectivity index (χ4n) is 1.31.